The zero-order valence-corrected chi connectivity index (χ0v) is 17.2. The molecule has 2 aromatic heterocycles. The molecule has 0 spiro atoms. The molecule has 1 unspecified atom stereocenters. The van der Waals surface area contributed by atoms with E-state index in [1.807, 2.05) is 54.6 Å². The Hall–Kier alpha value is -3.71. The van der Waals surface area contributed by atoms with Crippen molar-refractivity contribution in [2.24, 2.45) is 5.10 Å². The Bertz CT molecular complexity index is 1190. The van der Waals surface area contributed by atoms with E-state index in [2.05, 4.69) is 25.7 Å². The molecule has 0 radical (unpaired) electrons. The van der Waals surface area contributed by atoms with E-state index in [0.29, 0.717) is 22.6 Å². The van der Waals surface area contributed by atoms with Crippen molar-refractivity contribution in [3.8, 4) is 17.2 Å². The highest BCUT2D eigenvalue weighted by Crippen LogP contribution is 2.25. The first-order valence-corrected chi connectivity index (χ1v) is 10.2. The van der Waals surface area contributed by atoms with Crippen LogP contribution in [0.5, 0.6) is 5.75 Å². The highest BCUT2D eigenvalue weighted by molar-refractivity contribution is 6.30. The number of hydrogen-bond donors (Lipinski definition) is 1. The van der Waals surface area contributed by atoms with Gasteiger partial charge in [-0.2, -0.15) is 5.10 Å². The number of rotatable bonds is 6. The first-order chi connectivity index (χ1) is 15.2. The van der Waals surface area contributed by atoms with Crippen molar-refractivity contribution in [1.29, 1.82) is 0 Å². The minimum absolute atomic E-state index is 0.0967. The highest BCUT2D eigenvalue weighted by atomic mass is 35.5. The third-order valence-electron chi connectivity index (χ3n) is 4.91. The largest absolute Gasteiger partial charge is 0.484 e. The lowest BCUT2D eigenvalue weighted by Gasteiger charge is -2.08. The quantitative estimate of drug-likeness (QED) is 0.472. The average Bonchev–Trinajstić information content (AvgIpc) is 3.50. The average molecular weight is 432 g/mol. The topological polar surface area (TPSA) is 85.4 Å². The second kappa shape index (κ2) is 8.57. The van der Waals surface area contributed by atoms with Crippen LogP contribution in [0, 0.1) is 0 Å². The zero-order valence-electron chi connectivity index (χ0n) is 16.4. The predicted octanol–water partition coefficient (Wildman–Crippen LogP) is 4.80. The van der Waals surface area contributed by atoms with Gasteiger partial charge in [0, 0.05) is 23.2 Å². The van der Waals surface area contributed by atoms with Gasteiger partial charge in [0.05, 0.1) is 17.4 Å². The number of aromatic nitrogens is 3. The van der Waals surface area contributed by atoms with Gasteiger partial charge in [-0.05, 0) is 66.2 Å². The summed E-state index contributed by atoms with van der Waals surface area (Å²) in [5.41, 5.74) is 6.99. The van der Waals surface area contributed by atoms with Crippen LogP contribution in [-0.2, 0) is 6.61 Å². The fraction of sp³-hybridized carbons (Fsp3) is 0.130. The van der Waals surface area contributed by atoms with E-state index in [1.54, 1.807) is 18.3 Å². The molecule has 1 atom stereocenters. The summed E-state index contributed by atoms with van der Waals surface area (Å²) in [5, 5.41) is 13.2. The second-order valence-corrected chi connectivity index (χ2v) is 7.46. The lowest BCUT2D eigenvalue weighted by Crippen LogP contribution is -2.11. The molecule has 1 aliphatic rings. The Balaban J connectivity index is 1.18. The molecule has 3 heterocycles. The van der Waals surface area contributed by atoms with Crippen molar-refractivity contribution < 1.29 is 9.15 Å². The number of pyridine rings is 1. The Labute approximate surface area is 183 Å². The second-order valence-electron chi connectivity index (χ2n) is 7.02. The van der Waals surface area contributed by atoms with Crippen molar-refractivity contribution >= 4 is 17.3 Å². The monoisotopic (exact) mass is 431 g/mol. The molecule has 0 fully saturated rings. The first kappa shape index (κ1) is 19.3. The maximum absolute atomic E-state index is 5.91. The van der Waals surface area contributed by atoms with Crippen LogP contribution in [0.15, 0.2) is 82.4 Å². The number of ether oxygens (including phenoxy) is 1. The molecule has 4 aromatic rings. The molecule has 7 nitrogen and oxygen atoms in total. The van der Waals surface area contributed by atoms with E-state index in [4.69, 9.17) is 20.8 Å². The molecule has 0 aliphatic carbocycles. The molecular weight excluding hydrogens is 414 g/mol. The van der Waals surface area contributed by atoms with Gasteiger partial charge >= 0.3 is 0 Å². The van der Waals surface area contributed by atoms with Crippen molar-refractivity contribution in [1.82, 2.24) is 20.6 Å². The SMILES string of the molecule is Clc1ccc(-c2nnc(COc3ccc(C4=NNC(c5ccccn5)C4)cc3)o2)cc1. The van der Waals surface area contributed by atoms with Gasteiger partial charge < -0.3 is 14.6 Å². The Morgan fingerprint density at radius 3 is 2.55 bits per heavy atom. The van der Waals surface area contributed by atoms with Gasteiger partial charge in [-0.25, -0.2) is 0 Å². The van der Waals surface area contributed by atoms with E-state index in [1.165, 1.54) is 0 Å². The summed E-state index contributed by atoms with van der Waals surface area (Å²) in [7, 11) is 0. The lowest BCUT2D eigenvalue weighted by atomic mass is 10.0. The number of benzene rings is 2. The van der Waals surface area contributed by atoms with Crippen LogP contribution in [0.1, 0.15) is 29.6 Å². The van der Waals surface area contributed by atoms with Gasteiger partial charge in [-0.3, -0.25) is 4.98 Å². The van der Waals surface area contributed by atoms with Crippen LogP contribution in [0.25, 0.3) is 11.5 Å². The number of nitrogens with zero attached hydrogens (tertiary/aromatic N) is 4. The molecule has 154 valence electrons. The maximum Gasteiger partial charge on any atom is 0.254 e. The third-order valence-corrected chi connectivity index (χ3v) is 5.16. The number of halogens is 1. The molecule has 0 bridgehead atoms. The summed E-state index contributed by atoms with van der Waals surface area (Å²) >= 11 is 5.91. The Morgan fingerprint density at radius 2 is 1.77 bits per heavy atom. The zero-order chi connectivity index (χ0) is 21.0. The molecule has 1 N–H and O–H groups in total. The Kier molecular flexibility index (Phi) is 5.33. The van der Waals surface area contributed by atoms with Crippen molar-refractivity contribution in [2.75, 3.05) is 0 Å². The number of hydrazone groups is 1. The van der Waals surface area contributed by atoms with Crippen LogP contribution in [0.2, 0.25) is 5.02 Å². The third kappa shape index (κ3) is 4.41. The predicted molar refractivity (Wildman–Crippen MR) is 117 cm³/mol. The standard InChI is InChI=1S/C23H18ClN5O2/c24-17-8-4-16(5-9-17)23-29-28-22(31-23)14-30-18-10-6-15(7-11-18)20-13-21(27-26-20)19-3-1-2-12-25-19/h1-12,21,27H,13-14H2. The Morgan fingerprint density at radius 1 is 0.968 bits per heavy atom. The van der Waals surface area contributed by atoms with Crippen LogP contribution in [0.4, 0.5) is 0 Å². The fourth-order valence-corrected chi connectivity index (χ4v) is 3.41. The molecule has 5 rings (SSSR count). The van der Waals surface area contributed by atoms with Crippen LogP contribution >= 0.6 is 11.6 Å². The fourth-order valence-electron chi connectivity index (χ4n) is 3.29. The summed E-state index contributed by atoms with van der Waals surface area (Å²) in [4.78, 5) is 4.40. The maximum atomic E-state index is 5.91. The molecular formula is C23H18ClN5O2. The van der Waals surface area contributed by atoms with Crippen molar-refractivity contribution in [2.45, 2.75) is 19.1 Å². The van der Waals surface area contributed by atoms with E-state index in [0.717, 1.165) is 29.0 Å². The van der Waals surface area contributed by atoms with Gasteiger partial charge in [-0.15, -0.1) is 10.2 Å². The van der Waals surface area contributed by atoms with Crippen molar-refractivity contribution in [3.05, 3.63) is 95.1 Å². The number of nitrogens with one attached hydrogen (secondary N) is 1. The van der Waals surface area contributed by atoms with E-state index < -0.39 is 0 Å². The summed E-state index contributed by atoms with van der Waals surface area (Å²) in [6.45, 7) is 0.185. The van der Waals surface area contributed by atoms with Crippen LogP contribution in [0.3, 0.4) is 0 Å². The van der Waals surface area contributed by atoms with Gasteiger partial charge in [0.1, 0.15) is 5.75 Å². The lowest BCUT2D eigenvalue weighted by molar-refractivity contribution is 0.264. The minimum Gasteiger partial charge on any atom is -0.484 e. The number of hydrogen-bond acceptors (Lipinski definition) is 7. The molecule has 0 saturated carbocycles. The minimum atomic E-state index is 0.0967. The van der Waals surface area contributed by atoms with Gasteiger partial charge in [0.15, 0.2) is 6.61 Å². The van der Waals surface area contributed by atoms with Crippen LogP contribution in [-0.4, -0.2) is 20.9 Å². The molecule has 8 heteroatoms. The first-order valence-electron chi connectivity index (χ1n) is 9.79. The summed E-state index contributed by atoms with van der Waals surface area (Å²) < 4.78 is 11.5. The summed E-state index contributed by atoms with van der Waals surface area (Å²) in [6, 6.07) is 21.0. The van der Waals surface area contributed by atoms with Gasteiger partial charge in [-0.1, -0.05) is 17.7 Å². The van der Waals surface area contributed by atoms with Gasteiger partial charge in [0.2, 0.25) is 5.89 Å². The van der Waals surface area contributed by atoms with Crippen molar-refractivity contribution in [3.63, 3.8) is 0 Å². The molecule has 1 aliphatic heterocycles. The normalized spacial score (nSPS) is 15.4. The molecule has 2 aromatic carbocycles. The van der Waals surface area contributed by atoms with E-state index >= 15 is 0 Å². The van der Waals surface area contributed by atoms with E-state index in [9.17, 15) is 0 Å². The molecule has 31 heavy (non-hydrogen) atoms. The molecule has 0 amide bonds. The molecule has 0 saturated heterocycles. The highest BCUT2D eigenvalue weighted by Gasteiger charge is 2.22. The summed E-state index contributed by atoms with van der Waals surface area (Å²) in [5.74, 6) is 1.54. The van der Waals surface area contributed by atoms with E-state index in [-0.39, 0.29) is 12.6 Å². The summed E-state index contributed by atoms with van der Waals surface area (Å²) in [6.07, 6.45) is 2.58. The van der Waals surface area contributed by atoms with Gasteiger partial charge in [0.25, 0.3) is 5.89 Å². The van der Waals surface area contributed by atoms with Crippen LogP contribution < -0.4 is 10.2 Å². The smallest absolute Gasteiger partial charge is 0.254 e.